The van der Waals surface area contributed by atoms with Gasteiger partial charge in [0, 0.05) is 11.8 Å². The van der Waals surface area contributed by atoms with Gasteiger partial charge in [-0.15, -0.1) is 0 Å². The van der Waals surface area contributed by atoms with Crippen molar-refractivity contribution in [2.24, 2.45) is 11.8 Å². The number of nitrogens with zero attached hydrogens (tertiary/aromatic N) is 2. The first kappa shape index (κ1) is 18.9. The van der Waals surface area contributed by atoms with Gasteiger partial charge in [-0.3, -0.25) is 14.5 Å². The van der Waals surface area contributed by atoms with Gasteiger partial charge in [-0.2, -0.15) is 13.2 Å². The Morgan fingerprint density at radius 3 is 2.67 bits per heavy atom. The van der Waals surface area contributed by atoms with E-state index >= 15 is 0 Å². The average Bonchev–Trinajstić information content (AvgIpc) is 3.42. The first-order chi connectivity index (χ1) is 14.2. The molecule has 2 fully saturated rings. The Morgan fingerprint density at radius 1 is 1.30 bits per heavy atom. The highest BCUT2D eigenvalue weighted by molar-refractivity contribution is 6.05. The summed E-state index contributed by atoms with van der Waals surface area (Å²) < 4.78 is 49.3. The number of ether oxygens (including phenoxy) is 1. The second-order valence-corrected chi connectivity index (χ2v) is 7.68. The fourth-order valence-corrected chi connectivity index (χ4v) is 4.44. The van der Waals surface area contributed by atoms with Crippen LogP contribution in [0.15, 0.2) is 47.0 Å². The van der Waals surface area contributed by atoms with E-state index in [1.54, 1.807) is 25.1 Å². The van der Waals surface area contributed by atoms with Crippen molar-refractivity contribution in [2.75, 3.05) is 16.8 Å². The zero-order chi connectivity index (χ0) is 21.3. The van der Waals surface area contributed by atoms with E-state index in [0.717, 1.165) is 12.1 Å². The number of halogens is 3. The van der Waals surface area contributed by atoms with Crippen LogP contribution in [0.2, 0.25) is 0 Å². The summed E-state index contributed by atoms with van der Waals surface area (Å²) in [7, 11) is 0. The van der Waals surface area contributed by atoms with E-state index in [0.29, 0.717) is 11.6 Å². The Hall–Kier alpha value is -3.14. The maximum Gasteiger partial charge on any atom is 0.416 e. The molecule has 0 radical (unpaired) electrons. The number of amides is 2. The zero-order valence-electron chi connectivity index (χ0n) is 15.6. The molecule has 4 heterocycles. The highest BCUT2D eigenvalue weighted by Crippen LogP contribution is 2.52. The Labute approximate surface area is 168 Å². The highest BCUT2D eigenvalue weighted by Gasteiger charge is 2.67. The highest BCUT2D eigenvalue weighted by atomic mass is 19.4. The molecule has 4 atom stereocenters. The van der Waals surface area contributed by atoms with Crippen molar-refractivity contribution < 1.29 is 32.0 Å². The number of alkyl halides is 3. The number of carbonyl (C=O) groups is 2. The molecule has 0 aliphatic carbocycles. The molecule has 5 rings (SSSR count). The Morgan fingerprint density at radius 2 is 2.03 bits per heavy atom. The maximum atomic E-state index is 13.1. The smallest absolute Gasteiger partial charge is 0.360 e. The molecule has 30 heavy (non-hydrogen) atoms. The summed E-state index contributed by atoms with van der Waals surface area (Å²) in [6.45, 7) is 1.91. The summed E-state index contributed by atoms with van der Waals surface area (Å²) in [5.74, 6) is -1.44. The zero-order valence-corrected chi connectivity index (χ0v) is 15.6. The van der Waals surface area contributed by atoms with Crippen molar-refractivity contribution in [1.82, 2.24) is 5.16 Å². The van der Waals surface area contributed by atoms with Crippen molar-refractivity contribution in [3.05, 3.63) is 53.8 Å². The molecule has 2 unspecified atom stereocenters. The van der Waals surface area contributed by atoms with Crippen LogP contribution in [-0.2, 0) is 20.5 Å². The van der Waals surface area contributed by atoms with Gasteiger partial charge in [-0.25, -0.2) is 0 Å². The number of aromatic nitrogens is 1. The molecule has 3 aliphatic heterocycles. The van der Waals surface area contributed by atoms with Gasteiger partial charge >= 0.3 is 6.18 Å². The molecule has 1 aromatic heterocycles. The molecule has 7 nitrogen and oxygen atoms in total. The van der Waals surface area contributed by atoms with Crippen LogP contribution in [0.3, 0.4) is 0 Å². The monoisotopic (exact) mass is 419 g/mol. The Kier molecular flexibility index (Phi) is 3.88. The molecule has 2 aromatic rings. The Balaban J connectivity index is 1.38. The van der Waals surface area contributed by atoms with Crippen LogP contribution in [0.5, 0.6) is 0 Å². The number of fused-ring (bicyclic) bond motifs is 1. The third-order valence-corrected chi connectivity index (χ3v) is 5.77. The topological polar surface area (TPSA) is 84.7 Å². The molecule has 1 spiro atoms. The van der Waals surface area contributed by atoms with Crippen molar-refractivity contribution in [3.63, 3.8) is 0 Å². The number of aryl methyl sites for hydroxylation is 1. The summed E-state index contributed by atoms with van der Waals surface area (Å²) in [5, 5.41) is 6.49. The van der Waals surface area contributed by atoms with Crippen molar-refractivity contribution in [2.45, 2.75) is 24.8 Å². The van der Waals surface area contributed by atoms with E-state index in [1.165, 1.54) is 17.0 Å². The fraction of sp³-hybridized carbons (Fsp3) is 0.350. The molecular formula is C20H16F3N3O4. The molecule has 10 heteroatoms. The minimum atomic E-state index is -4.46. The molecule has 1 N–H and O–H groups in total. The normalized spacial score (nSPS) is 29.5. The van der Waals surface area contributed by atoms with Crippen LogP contribution in [0.25, 0.3) is 0 Å². The second-order valence-electron chi connectivity index (χ2n) is 7.68. The summed E-state index contributed by atoms with van der Waals surface area (Å²) in [5.41, 5.74) is -1.53. The molecule has 0 saturated carbocycles. The summed E-state index contributed by atoms with van der Waals surface area (Å²) in [6.07, 6.45) is -1.49. The van der Waals surface area contributed by atoms with Gasteiger partial charge < -0.3 is 14.6 Å². The second kappa shape index (κ2) is 6.18. The predicted octanol–water partition coefficient (Wildman–Crippen LogP) is 2.93. The van der Waals surface area contributed by atoms with Crippen LogP contribution in [0.4, 0.5) is 24.7 Å². The number of anilines is 2. The van der Waals surface area contributed by atoms with Gasteiger partial charge in [0.15, 0.2) is 5.82 Å². The molecular weight excluding hydrogens is 403 g/mol. The van der Waals surface area contributed by atoms with Gasteiger partial charge in [0.1, 0.15) is 11.4 Å². The van der Waals surface area contributed by atoms with E-state index in [-0.39, 0.29) is 18.1 Å². The fourth-order valence-electron chi connectivity index (χ4n) is 4.44. The number of hydrogen-bond donors (Lipinski definition) is 1. The van der Waals surface area contributed by atoms with Gasteiger partial charge in [-0.1, -0.05) is 17.3 Å². The third kappa shape index (κ3) is 2.74. The molecule has 3 aliphatic rings. The lowest BCUT2D eigenvalue weighted by atomic mass is 9.77. The number of nitrogens with one attached hydrogen (secondary N) is 1. The van der Waals surface area contributed by atoms with Crippen LogP contribution >= 0.6 is 0 Å². The third-order valence-electron chi connectivity index (χ3n) is 5.77. The minimum Gasteiger partial charge on any atom is -0.360 e. The number of hydrogen-bond acceptors (Lipinski definition) is 5. The molecule has 1 aromatic carbocycles. The van der Waals surface area contributed by atoms with E-state index in [4.69, 9.17) is 9.26 Å². The molecule has 156 valence electrons. The summed E-state index contributed by atoms with van der Waals surface area (Å²) >= 11 is 0. The maximum absolute atomic E-state index is 13.1. The Bertz CT molecular complexity index is 1060. The lowest BCUT2D eigenvalue weighted by Crippen LogP contribution is -2.41. The van der Waals surface area contributed by atoms with Crippen molar-refractivity contribution >= 4 is 23.3 Å². The van der Waals surface area contributed by atoms with Crippen LogP contribution in [-0.4, -0.2) is 35.2 Å². The van der Waals surface area contributed by atoms with Crippen molar-refractivity contribution in [1.29, 1.82) is 0 Å². The van der Waals surface area contributed by atoms with Gasteiger partial charge in [0.05, 0.1) is 30.0 Å². The summed E-state index contributed by atoms with van der Waals surface area (Å²) in [4.78, 5) is 27.5. The molecule has 2 bridgehead atoms. The number of benzene rings is 1. The number of rotatable bonds is 3. The lowest BCUT2D eigenvalue weighted by Gasteiger charge is -2.23. The standard InChI is InChI=1S/C20H16F3N3O4/c1-10-8-14(25-30-10)26-9-19-7-6-13(29-19)15(16(19)18(26)28)17(27)24-12-4-2-11(3-5-12)20(21,22)23/h2-8,13,15-16H,9H2,1H3,(H,24,27)/t13-,15?,16?,19+/m1/s1. The SMILES string of the molecule is Cc1cc(N2C[C@]34C=C[C@@H](O3)C(C(=O)Nc3ccc(C(F)(F)F)cc3)C4C2=O)no1. The van der Waals surface area contributed by atoms with Crippen LogP contribution in [0.1, 0.15) is 11.3 Å². The predicted molar refractivity (Wildman–Crippen MR) is 97.4 cm³/mol. The van der Waals surface area contributed by atoms with Gasteiger partial charge in [-0.05, 0) is 31.2 Å². The van der Waals surface area contributed by atoms with Gasteiger partial charge in [0.2, 0.25) is 11.8 Å². The van der Waals surface area contributed by atoms with Crippen LogP contribution < -0.4 is 10.2 Å². The summed E-state index contributed by atoms with van der Waals surface area (Å²) in [6, 6.07) is 5.78. The first-order valence-corrected chi connectivity index (χ1v) is 9.28. The minimum absolute atomic E-state index is 0.208. The van der Waals surface area contributed by atoms with E-state index < -0.39 is 41.2 Å². The lowest BCUT2D eigenvalue weighted by molar-refractivity contribution is -0.137. The van der Waals surface area contributed by atoms with E-state index in [2.05, 4.69) is 10.5 Å². The molecule has 2 amide bonds. The van der Waals surface area contributed by atoms with E-state index in [9.17, 15) is 22.8 Å². The molecule has 2 saturated heterocycles. The number of carbonyl (C=O) groups excluding carboxylic acids is 2. The quantitative estimate of drug-likeness (QED) is 0.774. The van der Waals surface area contributed by atoms with Crippen molar-refractivity contribution in [3.8, 4) is 0 Å². The largest absolute Gasteiger partial charge is 0.416 e. The van der Waals surface area contributed by atoms with E-state index in [1.807, 2.05) is 0 Å². The average molecular weight is 419 g/mol. The van der Waals surface area contributed by atoms with Gasteiger partial charge in [0.25, 0.3) is 0 Å². The first-order valence-electron chi connectivity index (χ1n) is 9.28. The van der Waals surface area contributed by atoms with Crippen LogP contribution in [0, 0.1) is 18.8 Å².